The van der Waals surface area contributed by atoms with Crippen LogP contribution >= 0.6 is 0 Å². The quantitative estimate of drug-likeness (QED) is 0.859. The molecule has 7 nitrogen and oxygen atoms in total. The molecule has 8 heteroatoms. The standard InChI is InChI=1S/C15H18N4O3S/c20-15-10-12-4-1-2-6-14(12)18-19(15)9-8-17-23(21,22)13-5-3-7-16-11-13/h3,5,7,10-11,17H,1-2,4,6,8-9H2. The van der Waals surface area contributed by atoms with E-state index in [1.807, 2.05) is 0 Å². The summed E-state index contributed by atoms with van der Waals surface area (Å²) in [6.07, 6.45) is 6.72. The van der Waals surface area contributed by atoms with Gasteiger partial charge in [-0.3, -0.25) is 9.78 Å². The van der Waals surface area contributed by atoms with Gasteiger partial charge in [-0.05, 0) is 43.4 Å². The Kier molecular flexibility index (Phi) is 4.53. The highest BCUT2D eigenvalue weighted by molar-refractivity contribution is 7.89. The van der Waals surface area contributed by atoms with Crippen LogP contribution in [0, 0.1) is 0 Å². The fraction of sp³-hybridized carbons (Fsp3) is 0.400. The summed E-state index contributed by atoms with van der Waals surface area (Å²) in [7, 11) is -3.62. The van der Waals surface area contributed by atoms with Crippen LogP contribution in [-0.4, -0.2) is 29.7 Å². The van der Waals surface area contributed by atoms with Crippen molar-refractivity contribution in [2.24, 2.45) is 0 Å². The van der Waals surface area contributed by atoms with E-state index in [1.54, 1.807) is 12.1 Å². The second-order valence-electron chi connectivity index (χ2n) is 5.47. The molecule has 0 saturated heterocycles. The summed E-state index contributed by atoms with van der Waals surface area (Å²) in [4.78, 5) is 15.9. The van der Waals surface area contributed by atoms with E-state index in [-0.39, 0.29) is 23.5 Å². The summed E-state index contributed by atoms with van der Waals surface area (Å²) < 4.78 is 28.0. The Morgan fingerprint density at radius 3 is 2.87 bits per heavy atom. The molecule has 2 heterocycles. The Labute approximate surface area is 134 Å². The van der Waals surface area contributed by atoms with Crippen LogP contribution in [0.4, 0.5) is 0 Å². The van der Waals surface area contributed by atoms with Crippen molar-refractivity contribution >= 4 is 10.0 Å². The number of nitrogens with one attached hydrogen (secondary N) is 1. The van der Waals surface area contributed by atoms with Crippen molar-refractivity contribution in [1.29, 1.82) is 0 Å². The molecule has 2 aromatic rings. The van der Waals surface area contributed by atoms with Crippen LogP contribution in [-0.2, 0) is 29.4 Å². The summed E-state index contributed by atoms with van der Waals surface area (Å²) in [5.41, 5.74) is 1.78. The zero-order valence-corrected chi connectivity index (χ0v) is 13.4. The van der Waals surface area contributed by atoms with Crippen LogP contribution in [0.25, 0.3) is 0 Å². The zero-order valence-electron chi connectivity index (χ0n) is 12.6. The Balaban J connectivity index is 1.68. The third-order valence-corrected chi connectivity index (χ3v) is 5.28. The number of nitrogens with zero attached hydrogens (tertiary/aromatic N) is 3. The number of aromatic nitrogens is 3. The minimum absolute atomic E-state index is 0.100. The average Bonchev–Trinajstić information content (AvgIpc) is 2.56. The van der Waals surface area contributed by atoms with Gasteiger partial charge in [0.1, 0.15) is 4.90 Å². The van der Waals surface area contributed by atoms with Crippen molar-refractivity contribution in [3.05, 3.63) is 52.2 Å². The molecule has 0 aliphatic heterocycles. The normalized spacial score (nSPS) is 14.4. The van der Waals surface area contributed by atoms with E-state index >= 15 is 0 Å². The molecule has 1 aliphatic rings. The lowest BCUT2D eigenvalue weighted by atomic mass is 9.97. The maximum Gasteiger partial charge on any atom is 0.267 e. The second-order valence-corrected chi connectivity index (χ2v) is 7.24. The van der Waals surface area contributed by atoms with Crippen LogP contribution in [0.5, 0.6) is 0 Å². The Morgan fingerprint density at radius 2 is 2.09 bits per heavy atom. The van der Waals surface area contributed by atoms with Crippen LogP contribution in [0.15, 0.2) is 40.3 Å². The van der Waals surface area contributed by atoms with Crippen molar-refractivity contribution in [3.63, 3.8) is 0 Å². The number of hydrogen-bond acceptors (Lipinski definition) is 5. The van der Waals surface area contributed by atoms with Crippen molar-refractivity contribution in [3.8, 4) is 0 Å². The van der Waals surface area contributed by atoms with Crippen LogP contribution in [0.2, 0.25) is 0 Å². The molecule has 0 amide bonds. The maximum absolute atomic E-state index is 12.1. The van der Waals surface area contributed by atoms with Gasteiger partial charge >= 0.3 is 0 Å². The number of aryl methyl sites for hydroxylation is 2. The summed E-state index contributed by atoms with van der Waals surface area (Å²) >= 11 is 0. The fourth-order valence-corrected chi connectivity index (χ4v) is 3.62. The number of pyridine rings is 1. The van der Waals surface area contributed by atoms with Crippen LogP contribution in [0.3, 0.4) is 0 Å². The molecule has 0 saturated carbocycles. The molecule has 0 bridgehead atoms. The molecule has 1 N–H and O–H groups in total. The molecule has 0 atom stereocenters. The highest BCUT2D eigenvalue weighted by atomic mass is 32.2. The molecular weight excluding hydrogens is 316 g/mol. The fourth-order valence-electron chi connectivity index (χ4n) is 2.64. The van der Waals surface area contributed by atoms with Gasteiger partial charge in [-0.25, -0.2) is 17.8 Å². The van der Waals surface area contributed by atoms with Crippen LogP contribution in [0.1, 0.15) is 24.1 Å². The van der Waals surface area contributed by atoms with Crippen molar-refractivity contribution in [1.82, 2.24) is 19.5 Å². The SMILES string of the molecule is O=c1cc2c(nn1CCNS(=O)(=O)c1cccnc1)CCCC2. The smallest absolute Gasteiger partial charge is 0.267 e. The van der Waals surface area contributed by atoms with E-state index < -0.39 is 10.0 Å². The first-order valence-electron chi connectivity index (χ1n) is 7.56. The third kappa shape index (κ3) is 3.65. The van der Waals surface area contributed by atoms with Gasteiger partial charge < -0.3 is 0 Å². The highest BCUT2D eigenvalue weighted by Crippen LogP contribution is 2.16. The van der Waals surface area contributed by atoms with Crippen LogP contribution < -0.4 is 10.3 Å². The van der Waals surface area contributed by atoms with Gasteiger partial charge in [0.25, 0.3) is 5.56 Å². The van der Waals surface area contributed by atoms with Crippen molar-refractivity contribution < 1.29 is 8.42 Å². The number of fused-ring (bicyclic) bond motifs is 1. The van der Waals surface area contributed by atoms with Gasteiger partial charge in [0.05, 0.1) is 12.2 Å². The Morgan fingerprint density at radius 1 is 1.26 bits per heavy atom. The Hall–Kier alpha value is -2.06. The molecule has 0 fully saturated rings. The second kappa shape index (κ2) is 6.59. The molecule has 23 heavy (non-hydrogen) atoms. The molecule has 3 rings (SSSR count). The zero-order chi connectivity index (χ0) is 16.3. The van der Waals surface area contributed by atoms with E-state index in [9.17, 15) is 13.2 Å². The van der Waals surface area contributed by atoms with E-state index in [0.29, 0.717) is 0 Å². The van der Waals surface area contributed by atoms with Gasteiger partial charge in [0, 0.05) is 25.0 Å². The van der Waals surface area contributed by atoms with Crippen molar-refractivity contribution in [2.75, 3.05) is 6.54 Å². The first-order valence-corrected chi connectivity index (χ1v) is 9.04. The number of sulfonamides is 1. The molecule has 2 aromatic heterocycles. The molecular formula is C15H18N4O3S. The van der Waals surface area contributed by atoms with E-state index in [0.717, 1.165) is 36.9 Å². The predicted molar refractivity (Wildman–Crippen MR) is 84.6 cm³/mol. The van der Waals surface area contributed by atoms with E-state index in [1.165, 1.54) is 23.1 Å². The molecule has 1 aliphatic carbocycles. The maximum atomic E-state index is 12.1. The molecule has 0 unspecified atom stereocenters. The Bertz CT molecular complexity index is 847. The molecule has 0 radical (unpaired) electrons. The monoisotopic (exact) mass is 334 g/mol. The lowest BCUT2D eigenvalue weighted by molar-refractivity contribution is 0.526. The van der Waals surface area contributed by atoms with E-state index in [2.05, 4.69) is 14.8 Å². The topological polar surface area (TPSA) is 94.0 Å². The number of rotatable bonds is 5. The van der Waals surface area contributed by atoms with Gasteiger partial charge in [-0.15, -0.1) is 0 Å². The predicted octanol–water partition coefficient (Wildman–Crippen LogP) is 0.496. The summed E-state index contributed by atoms with van der Waals surface area (Å²) in [6.45, 7) is 0.300. The first-order chi connectivity index (χ1) is 11.1. The summed E-state index contributed by atoms with van der Waals surface area (Å²) in [5, 5.41) is 4.36. The molecule has 122 valence electrons. The largest absolute Gasteiger partial charge is 0.268 e. The minimum atomic E-state index is -3.62. The lowest BCUT2D eigenvalue weighted by Crippen LogP contribution is -2.33. The van der Waals surface area contributed by atoms with Gasteiger partial charge in [0.15, 0.2) is 0 Å². The van der Waals surface area contributed by atoms with Gasteiger partial charge in [-0.2, -0.15) is 5.10 Å². The molecule has 0 aromatic carbocycles. The lowest BCUT2D eigenvalue weighted by Gasteiger charge is -2.16. The number of hydrogen-bond donors (Lipinski definition) is 1. The molecule has 0 spiro atoms. The minimum Gasteiger partial charge on any atom is -0.268 e. The average molecular weight is 334 g/mol. The van der Waals surface area contributed by atoms with Gasteiger partial charge in [0.2, 0.25) is 10.0 Å². The summed E-state index contributed by atoms with van der Waals surface area (Å²) in [6, 6.07) is 4.65. The van der Waals surface area contributed by atoms with E-state index in [4.69, 9.17) is 0 Å². The third-order valence-electron chi connectivity index (χ3n) is 3.83. The highest BCUT2D eigenvalue weighted by Gasteiger charge is 2.15. The van der Waals surface area contributed by atoms with Gasteiger partial charge in [-0.1, -0.05) is 0 Å². The van der Waals surface area contributed by atoms with Crippen molar-refractivity contribution in [2.45, 2.75) is 37.1 Å². The summed E-state index contributed by atoms with van der Waals surface area (Å²) in [5.74, 6) is 0. The first kappa shape index (κ1) is 15.8.